The predicted molar refractivity (Wildman–Crippen MR) is 72.6 cm³/mol. The van der Waals surface area contributed by atoms with Gasteiger partial charge >= 0.3 is 13.6 Å². The van der Waals surface area contributed by atoms with Crippen molar-refractivity contribution in [1.29, 1.82) is 0 Å². The summed E-state index contributed by atoms with van der Waals surface area (Å²) in [7, 11) is -3.66. The zero-order valence-electron chi connectivity index (χ0n) is 10.5. The molecule has 0 aromatic rings. The number of rotatable bonds is 10. The van der Waals surface area contributed by atoms with Gasteiger partial charge in [0, 0.05) is 0 Å². The minimum Gasteiger partial charge on any atom is -0.459 e. The molecule has 104 valence electrons. The number of carbonyl (C=O) groups excluding carboxylic acids is 1. The van der Waals surface area contributed by atoms with Crippen molar-refractivity contribution in [3.05, 3.63) is 12.7 Å². The summed E-state index contributed by atoms with van der Waals surface area (Å²) in [6.45, 7) is 7.00. The lowest BCUT2D eigenvalue weighted by atomic mass is 10.6. The van der Waals surface area contributed by atoms with E-state index in [9.17, 15) is 9.36 Å². The van der Waals surface area contributed by atoms with E-state index in [-0.39, 0.29) is 19.8 Å². The zero-order chi connectivity index (χ0) is 14.0. The Kier molecular flexibility index (Phi) is 8.83. The SMILES string of the molecule is C=CCOC(=O)C(NC=S)P(=O)(OCC)OCC. The topological polar surface area (TPSA) is 73.9 Å². The third kappa shape index (κ3) is 5.27. The maximum atomic E-state index is 12.4. The number of hydrogen-bond acceptors (Lipinski definition) is 6. The fourth-order valence-corrected chi connectivity index (χ4v) is 3.04. The highest BCUT2D eigenvalue weighted by Gasteiger charge is 2.41. The molecule has 0 amide bonds. The summed E-state index contributed by atoms with van der Waals surface area (Å²) in [6, 6.07) is 0. The Balaban J connectivity index is 5.00. The fourth-order valence-electron chi connectivity index (χ4n) is 1.12. The van der Waals surface area contributed by atoms with Gasteiger partial charge in [-0.1, -0.05) is 24.9 Å². The summed E-state index contributed by atoms with van der Waals surface area (Å²) in [5, 5.41) is 2.47. The number of hydrogen-bond donors (Lipinski definition) is 1. The van der Waals surface area contributed by atoms with Crippen LogP contribution >= 0.6 is 19.8 Å². The van der Waals surface area contributed by atoms with E-state index in [2.05, 4.69) is 24.1 Å². The van der Waals surface area contributed by atoms with Gasteiger partial charge in [0.25, 0.3) is 0 Å². The molecule has 0 rings (SSSR count). The lowest BCUT2D eigenvalue weighted by Gasteiger charge is -2.24. The molecule has 6 nitrogen and oxygen atoms in total. The summed E-state index contributed by atoms with van der Waals surface area (Å²) < 4.78 is 27.4. The van der Waals surface area contributed by atoms with Crippen LogP contribution in [0.5, 0.6) is 0 Å². The molecule has 0 heterocycles. The molecule has 1 atom stereocenters. The first-order valence-corrected chi connectivity index (χ1v) is 7.50. The van der Waals surface area contributed by atoms with Crippen LogP contribution in [0, 0.1) is 0 Å². The second kappa shape index (κ2) is 9.22. The Morgan fingerprint density at radius 1 is 1.44 bits per heavy atom. The van der Waals surface area contributed by atoms with Gasteiger partial charge in [-0.15, -0.1) is 0 Å². The number of nitrogens with one attached hydrogen (secondary N) is 1. The van der Waals surface area contributed by atoms with Crippen molar-refractivity contribution in [3.63, 3.8) is 0 Å². The first-order valence-electron chi connectivity index (χ1n) is 5.41. The lowest BCUT2D eigenvalue weighted by Crippen LogP contribution is -2.38. The van der Waals surface area contributed by atoms with E-state index >= 15 is 0 Å². The van der Waals surface area contributed by atoms with Crippen molar-refractivity contribution in [2.24, 2.45) is 0 Å². The molecule has 0 aliphatic heterocycles. The Hall–Kier alpha value is -0.750. The van der Waals surface area contributed by atoms with E-state index in [1.54, 1.807) is 13.8 Å². The third-order valence-electron chi connectivity index (χ3n) is 1.73. The Morgan fingerprint density at radius 2 is 2.00 bits per heavy atom. The first kappa shape index (κ1) is 17.2. The van der Waals surface area contributed by atoms with Crippen molar-refractivity contribution >= 4 is 31.3 Å². The average molecular weight is 295 g/mol. The van der Waals surface area contributed by atoms with Crippen LogP contribution in [0.3, 0.4) is 0 Å². The van der Waals surface area contributed by atoms with Gasteiger partial charge in [-0.3, -0.25) is 4.57 Å². The Labute approximate surface area is 112 Å². The Morgan fingerprint density at radius 3 is 2.39 bits per heavy atom. The highest BCUT2D eigenvalue weighted by atomic mass is 32.1. The van der Waals surface area contributed by atoms with Crippen LogP contribution in [-0.4, -0.2) is 37.1 Å². The summed E-state index contributed by atoms with van der Waals surface area (Å²) in [6.07, 6.45) is 1.40. The molecule has 0 aliphatic rings. The summed E-state index contributed by atoms with van der Waals surface area (Å²) in [5.74, 6) is -2.03. The van der Waals surface area contributed by atoms with Crippen LogP contribution in [0.15, 0.2) is 12.7 Å². The van der Waals surface area contributed by atoms with E-state index in [1.165, 1.54) is 6.08 Å². The maximum Gasteiger partial charge on any atom is 0.364 e. The highest BCUT2D eigenvalue weighted by molar-refractivity contribution is 7.78. The molecule has 0 spiro atoms. The Bertz CT molecular complexity index is 326. The minimum absolute atomic E-state index is 0.00664. The van der Waals surface area contributed by atoms with Gasteiger partial charge in [-0.25, -0.2) is 4.79 Å². The molecule has 0 bridgehead atoms. The number of esters is 1. The molecular formula is C10H18NO5PS. The van der Waals surface area contributed by atoms with Crippen LogP contribution < -0.4 is 5.32 Å². The van der Waals surface area contributed by atoms with E-state index in [4.69, 9.17) is 13.8 Å². The van der Waals surface area contributed by atoms with E-state index < -0.39 is 19.3 Å². The molecule has 0 fully saturated rings. The molecule has 0 radical (unpaired) electrons. The van der Waals surface area contributed by atoms with Crippen LogP contribution in [0.1, 0.15) is 13.8 Å². The summed E-state index contributed by atoms with van der Waals surface area (Å²) in [4.78, 5) is 11.8. The number of carbonyl (C=O) groups is 1. The van der Waals surface area contributed by atoms with Crippen molar-refractivity contribution in [3.8, 4) is 0 Å². The van der Waals surface area contributed by atoms with Crippen molar-refractivity contribution in [1.82, 2.24) is 5.32 Å². The second-order valence-corrected chi connectivity index (χ2v) is 5.33. The highest BCUT2D eigenvalue weighted by Crippen LogP contribution is 2.52. The molecular weight excluding hydrogens is 277 g/mol. The van der Waals surface area contributed by atoms with E-state index in [1.807, 2.05) is 0 Å². The van der Waals surface area contributed by atoms with Crippen molar-refractivity contribution < 1.29 is 23.1 Å². The van der Waals surface area contributed by atoms with Crippen LogP contribution in [-0.2, 0) is 23.1 Å². The monoisotopic (exact) mass is 295 g/mol. The van der Waals surface area contributed by atoms with Gasteiger partial charge in [0.15, 0.2) is 0 Å². The molecule has 0 aliphatic carbocycles. The van der Waals surface area contributed by atoms with Gasteiger partial charge in [0.05, 0.1) is 18.7 Å². The quantitative estimate of drug-likeness (QED) is 0.285. The average Bonchev–Trinajstić information content (AvgIpc) is 2.33. The van der Waals surface area contributed by atoms with Crippen molar-refractivity contribution in [2.75, 3.05) is 19.8 Å². The minimum atomic E-state index is -3.66. The lowest BCUT2D eigenvalue weighted by molar-refractivity contribution is -0.142. The van der Waals surface area contributed by atoms with Crippen LogP contribution in [0.4, 0.5) is 0 Å². The molecule has 0 saturated heterocycles. The number of ether oxygens (including phenoxy) is 1. The van der Waals surface area contributed by atoms with Gasteiger partial charge in [-0.2, -0.15) is 0 Å². The van der Waals surface area contributed by atoms with Crippen molar-refractivity contribution in [2.45, 2.75) is 19.6 Å². The molecule has 1 N–H and O–H groups in total. The normalized spacial score (nSPS) is 12.6. The predicted octanol–water partition coefficient (Wildman–Crippen LogP) is 1.85. The zero-order valence-corrected chi connectivity index (χ0v) is 12.2. The maximum absolute atomic E-state index is 12.4. The largest absolute Gasteiger partial charge is 0.459 e. The molecule has 0 aromatic heterocycles. The molecule has 1 unspecified atom stereocenters. The number of thiocarbonyl (C=S) groups is 1. The van der Waals surface area contributed by atoms with Crippen LogP contribution in [0.25, 0.3) is 0 Å². The first-order chi connectivity index (χ1) is 8.55. The second-order valence-electron chi connectivity index (χ2n) is 2.98. The summed E-state index contributed by atoms with van der Waals surface area (Å²) in [5.41, 5.74) is 1.07. The smallest absolute Gasteiger partial charge is 0.364 e. The molecule has 18 heavy (non-hydrogen) atoms. The summed E-state index contributed by atoms with van der Waals surface area (Å²) >= 11 is 4.60. The van der Waals surface area contributed by atoms with Gasteiger partial charge in [-0.05, 0) is 13.8 Å². The van der Waals surface area contributed by atoms with Gasteiger partial charge in [0.2, 0.25) is 5.78 Å². The molecule has 8 heteroatoms. The standard InChI is InChI=1S/C10H18NO5PS/c1-4-7-14-10(12)9(11-8-18)17(13,15-5-2)16-6-3/h4,8-9H,1,5-7H2,2-3H3,(H,11,18). The third-order valence-corrected chi connectivity index (χ3v) is 4.09. The molecule has 0 aromatic carbocycles. The van der Waals surface area contributed by atoms with E-state index in [0.717, 1.165) is 5.49 Å². The van der Waals surface area contributed by atoms with Crippen LogP contribution in [0.2, 0.25) is 0 Å². The molecule has 0 saturated carbocycles. The van der Waals surface area contributed by atoms with Gasteiger partial charge in [0.1, 0.15) is 6.61 Å². The fraction of sp³-hybridized carbons (Fsp3) is 0.600. The van der Waals surface area contributed by atoms with E-state index in [0.29, 0.717) is 0 Å². The van der Waals surface area contributed by atoms with Gasteiger partial charge < -0.3 is 19.1 Å².